The van der Waals surface area contributed by atoms with E-state index in [0.29, 0.717) is 10.2 Å². The monoisotopic (exact) mass is 457 g/mol. The van der Waals surface area contributed by atoms with Crippen molar-refractivity contribution in [2.45, 2.75) is 44.7 Å². The number of hydrogen-bond acceptors (Lipinski definition) is 6. The van der Waals surface area contributed by atoms with Gasteiger partial charge < -0.3 is 5.32 Å². The Balaban J connectivity index is 1.42. The first-order valence-electron chi connectivity index (χ1n) is 9.86. The molecule has 1 N–H and O–H groups in total. The van der Waals surface area contributed by atoms with Gasteiger partial charge in [0.25, 0.3) is 0 Å². The fourth-order valence-electron chi connectivity index (χ4n) is 3.92. The normalized spacial score (nSPS) is 13.7. The molecule has 3 aromatic heterocycles. The summed E-state index contributed by atoms with van der Waals surface area (Å²) in [4.78, 5) is 19.8. The van der Waals surface area contributed by atoms with Crippen LogP contribution in [0.1, 0.15) is 34.7 Å². The molecule has 30 heavy (non-hydrogen) atoms. The number of nitrogens with one attached hydrogen (secondary N) is 1. The van der Waals surface area contributed by atoms with Crippen molar-refractivity contribution < 1.29 is 4.79 Å². The van der Waals surface area contributed by atoms with Gasteiger partial charge in [0, 0.05) is 15.6 Å². The third-order valence-electron chi connectivity index (χ3n) is 5.40. The van der Waals surface area contributed by atoms with Gasteiger partial charge in [-0.05, 0) is 62.8 Å². The molecule has 154 valence electrons. The van der Waals surface area contributed by atoms with E-state index in [2.05, 4.69) is 15.5 Å². The summed E-state index contributed by atoms with van der Waals surface area (Å²) in [6.45, 7) is 3.90. The van der Waals surface area contributed by atoms with Crippen LogP contribution < -0.4 is 5.32 Å². The van der Waals surface area contributed by atoms with Crippen LogP contribution in [0.3, 0.4) is 0 Å². The lowest BCUT2D eigenvalue weighted by Crippen LogP contribution is -2.15. The molecule has 0 atom stereocenters. The van der Waals surface area contributed by atoms with E-state index in [0.717, 1.165) is 45.8 Å². The smallest absolute Gasteiger partial charge is 0.234 e. The number of carbonyl (C=O) groups is 1. The molecule has 1 aromatic carbocycles. The topological polar surface area (TPSA) is 72.2 Å². The van der Waals surface area contributed by atoms with Crippen LogP contribution >= 0.6 is 34.7 Å². The summed E-state index contributed by atoms with van der Waals surface area (Å²) in [6.07, 6.45) is 4.65. The second kappa shape index (κ2) is 7.83. The summed E-state index contributed by atoms with van der Waals surface area (Å²) in [5.74, 6) is 0.961. The molecule has 0 bridgehead atoms. The zero-order valence-corrected chi connectivity index (χ0v) is 19.0. The number of benzene rings is 1. The number of carbonyl (C=O) groups excluding carboxylic acids is 1. The second-order valence-corrected chi connectivity index (χ2v) is 9.95. The number of anilines is 1. The molecule has 1 amide bonds. The van der Waals surface area contributed by atoms with E-state index in [1.54, 1.807) is 17.4 Å². The van der Waals surface area contributed by atoms with Crippen molar-refractivity contribution in [3.8, 4) is 0 Å². The van der Waals surface area contributed by atoms with E-state index in [9.17, 15) is 4.79 Å². The number of hydrogen-bond donors (Lipinski definition) is 1. The van der Waals surface area contributed by atoms with Crippen molar-refractivity contribution in [3.63, 3.8) is 0 Å². The van der Waals surface area contributed by atoms with E-state index in [4.69, 9.17) is 16.6 Å². The number of fused-ring (bicyclic) bond motifs is 5. The molecule has 6 nitrogen and oxygen atoms in total. The van der Waals surface area contributed by atoms with Gasteiger partial charge in [0.05, 0.1) is 11.1 Å². The van der Waals surface area contributed by atoms with Gasteiger partial charge >= 0.3 is 0 Å². The Morgan fingerprint density at radius 2 is 2.10 bits per heavy atom. The SMILES string of the molecule is Cc1ccc(Cl)cc1NC(=O)CSc1nnc2c3c4c(sc3nc(C)n12)CCCC4. The average molecular weight is 458 g/mol. The number of halogens is 1. The molecule has 0 unspecified atom stereocenters. The van der Waals surface area contributed by atoms with Gasteiger partial charge in [0.15, 0.2) is 10.8 Å². The summed E-state index contributed by atoms with van der Waals surface area (Å²) in [5, 5.41) is 14.2. The molecule has 0 radical (unpaired) electrons. The molecule has 1 aliphatic carbocycles. The number of amides is 1. The van der Waals surface area contributed by atoms with Gasteiger partial charge in [0.2, 0.25) is 5.91 Å². The average Bonchev–Trinajstić information content (AvgIpc) is 3.30. The molecule has 1 aliphatic rings. The van der Waals surface area contributed by atoms with Crippen molar-refractivity contribution in [1.29, 1.82) is 0 Å². The van der Waals surface area contributed by atoms with Gasteiger partial charge in [-0.2, -0.15) is 0 Å². The van der Waals surface area contributed by atoms with Crippen LogP contribution in [0.2, 0.25) is 5.02 Å². The van der Waals surface area contributed by atoms with Crippen molar-refractivity contribution in [1.82, 2.24) is 19.6 Å². The summed E-state index contributed by atoms with van der Waals surface area (Å²) >= 11 is 9.20. The van der Waals surface area contributed by atoms with Crippen LogP contribution in [0.15, 0.2) is 23.4 Å². The van der Waals surface area contributed by atoms with E-state index >= 15 is 0 Å². The Bertz CT molecular complexity index is 1300. The van der Waals surface area contributed by atoms with E-state index in [1.165, 1.54) is 35.0 Å². The number of rotatable bonds is 4. The first-order chi connectivity index (χ1) is 14.5. The predicted molar refractivity (Wildman–Crippen MR) is 123 cm³/mol. The highest BCUT2D eigenvalue weighted by atomic mass is 35.5. The molecule has 4 aromatic rings. The molecule has 0 fully saturated rings. The van der Waals surface area contributed by atoms with E-state index in [1.807, 2.05) is 30.4 Å². The second-order valence-electron chi connectivity index (χ2n) is 7.49. The van der Waals surface area contributed by atoms with Crippen molar-refractivity contribution >= 4 is 62.2 Å². The summed E-state index contributed by atoms with van der Waals surface area (Å²) < 4.78 is 1.98. The lowest BCUT2D eigenvalue weighted by molar-refractivity contribution is -0.113. The Hall–Kier alpha value is -2.16. The first kappa shape index (κ1) is 19.8. The maximum atomic E-state index is 12.5. The summed E-state index contributed by atoms with van der Waals surface area (Å²) in [6, 6.07) is 5.46. The van der Waals surface area contributed by atoms with E-state index in [-0.39, 0.29) is 11.7 Å². The lowest BCUT2D eigenvalue weighted by Gasteiger charge is -2.10. The number of thiophene rings is 1. The molecule has 9 heteroatoms. The van der Waals surface area contributed by atoms with Gasteiger partial charge in [-0.1, -0.05) is 29.4 Å². The predicted octanol–water partition coefficient (Wildman–Crippen LogP) is 5.22. The van der Waals surface area contributed by atoms with Gasteiger partial charge in [-0.3, -0.25) is 9.20 Å². The zero-order valence-electron chi connectivity index (χ0n) is 16.7. The maximum absolute atomic E-state index is 12.5. The molecule has 0 saturated carbocycles. The van der Waals surface area contributed by atoms with Crippen molar-refractivity contribution in [2.24, 2.45) is 0 Å². The Labute approximate surface area is 187 Å². The van der Waals surface area contributed by atoms with Crippen LogP contribution in [0, 0.1) is 13.8 Å². The Morgan fingerprint density at radius 3 is 2.97 bits per heavy atom. The maximum Gasteiger partial charge on any atom is 0.234 e. The van der Waals surface area contributed by atoms with Crippen LogP contribution in [-0.2, 0) is 17.6 Å². The molecular formula is C21H20ClN5OS2. The van der Waals surface area contributed by atoms with E-state index < -0.39 is 0 Å². The standard InChI is InChI=1S/C21H20ClN5OS2/c1-11-7-8-13(22)9-15(11)24-17(28)10-29-21-26-25-19-18-14-5-3-4-6-16(14)30-20(18)23-12(2)27(19)21/h7-9H,3-6,10H2,1-2H3,(H,24,28). The molecular weight excluding hydrogens is 438 g/mol. The van der Waals surface area contributed by atoms with Gasteiger partial charge in [-0.15, -0.1) is 21.5 Å². The third-order valence-corrected chi connectivity index (χ3v) is 7.75. The minimum atomic E-state index is -0.110. The van der Waals surface area contributed by atoms with Crippen molar-refractivity contribution in [3.05, 3.63) is 45.1 Å². The van der Waals surface area contributed by atoms with Gasteiger partial charge in [-0.25, -0.2) is 4.98 Å². The van der Waals surface area contributed by atoms with Crippen LogP contribution in [0.4, 0.5) is 5.69 Å². The Kier molecular flexibility index (Phi) is 5.16. The largest absolute Gasteiger partial charge is 0.325 e. The minimum absolute atomic E-state index is 0.110. The Morgan fingerprint density at radius 1 is 1.27 bits per heavy atom. The fraction of sp³-hybridized carbons (Fsp3) is 0.333. The summed E-state index contributed by atoms with van der Waals surface area (Å²) in [7, 11) is 0. The highest BCUT2D eigenvalue weighted by molar-refractivity contribution is 7.99. The molecule has 3 heterocycles. The highest BCUT2D eigenvalue weighted by Crippen LogP contribution is 2.38. The minimum Gasteiger partial charge on any atom is -0.325 e. The highest BCUT2D eigenvalue weighted by Gasteiger charge is 2.22. The van der Waals surface area contributed by atoms with Crippen molar-refractivity contribution in [2.75, 3.05) is 11.1 Å². The third kappa shape index (κ3) is 3.46. The molecule has 0 aliphatic heterocycles. The molecule has 0 spiro atoms. The van der Waals surface area contributed by atoms with Gasteiger partial charge in [0.1, 0.15) is 10.7 Å². The first-order valence-corrected chi connectivity index (χ1v) is 12.0. The molecule has 5 rings (SSSR count). The van der Waals surface area contributed by atoms with Crippen LogP contribution in [0.5, 0.6) is 0 Å². The fourth-order valence-corrected chi connectivity index (χ4v) is 6.17. The molecule has 0 saturated heterocycles. The zero-order chi connectivity index (χ0) is 20.8. The van der Waals surface area contributed by atoms with Crippen LogP contribution in [0.25, 0.3) is 15.9 Å². The number of aromatic nitrogens is 4. The number of aryl methyl sites for hydroxylation is 4. The lowest BCUT2D eigenvalue weighted by atomic mass is 9.97. The number of thioether (sulfide) groups is 1. The summed E-state index contributed by atoms with van der Waals surface area (Å²) in [5.41, 5.74) is 3.93. The van der Waals surface area contributed by atoms with Crippen LogP contribution in [-0.4, -0.2) is 31.2 Å². The quantitative estimate of drug-likeness (QED) is 0.425. The number of nitrogens with zero attached hydrogens (tertiary/aromatic N) is 4.